The second-order valence-electron chi connectivity index (χ2n) is 7.07. The van der Waals surface area contributed by atoms with Crippen LogP contribution in [0, 0.1) is 13.8 Å². The topological polar surface area (TPSA) is 70.6 Å². The van der Waals surface area contributed by atoms with Gasteiger partial charge in [-0.3, -0.25) is 9.78 Å². The first-order valence-corrected chi connectivity index (χ1v) is 10.9. The molecule has 1 fully saturated rings. The molecular weight excluding hydrogens is 362 g/mol. The van der Waals surface area contributed by atoms with Gasteiger partial charge in [-0.25, -0.2) is 8.42 Å². The molecule has 144 valence electrons. The number of hydrogen-bond donors (Lipinski definition) is 0. The molecule has 1 aliphatic rings. The lowest BCUT2D eigenvalue weighted by molar-refractivity contribution is -0.130. The molecule has 0 spiro atoms. The summed E-state index contributed by atoms with van der Waals surface area (Å²) in [5.74, 6) is 0.0730. The molecule has 7 heteroatoms. The van der Waals surface area contributed by atoms with Crippen LogP contribution in [0.2, 0.25) is 0 Å². The van der Waals surface area contributed by atoms with Gasteiger partial charge in [0.15, 0.2) is 9.84 Å². The maximum absolute atomic E-state index is 12.6. The quantitative estimate of drug-likeness (QED) is 0.802. The van der Waals surface area contributed by atoms with Crippen LogP contribution in [0.3, 0.4) is 0 Å². The number of benzene rings is 1. The van der Waals surface area contributed by atoms with Crippen molar-refractivity contribution in [1.29, 1.82) is 0 Å². The average molecular weight is 388 g/mol. The van der Waals surface area contributed by atoms with Gasteiger partial charge >= 0.3 is 0 Å². The second kappa shape index (κ2) is 7.68. The molecule has 0 saturated carbocycles. The van der Waals surface area contributed by atoms with Gasteiger partial charge in [-0.05, 0) is 43.7 Å². The molecule has 0 aliphatic carbocycles. The molecule has 0 radical (unpaired) electrons. The highest BCUT2D eigenvalue weighted by Crippen LogP contribution is 2.19. The Morgan fingerprint density at radius 3 is 2.07 bits per heavy atom. The molecule has 2 aromatic rings. The van der Waals surface area contributed by atoms with E-state index in [1.54, 1.807) is 24.3 Å². The summed E-state index contributed by atoms with van der Waals surface area (Å²) < 4.78 is 23.0. The van der Waals surface area contributed by atoms with Crippen LogP contribution in [0.1, 0.15) is 17.0 Å². The van der Waals surface area contributed by atoms with E-state index in [-0.39, 0.29) is 17.2 Å². The van der Waals surface area contributed by atoms with Gasteiger partial charge in [-0.1, -0.05) is 12.1 Å². The van der Waals surface area contributed by atoms with E-state index in [9.17, 15) is 13.2 Å². The predicted octanol–water partition coefficient (Wildman–Crippen LogP) is 1.99. The third-order valence-corrected chi connectivity index (χ3v) is 5.90. The fourth-order valence-electron chi connectivity index (χ4n) is 3.35. The highest BCUT2D eigenvalue weighted by atomic mass is 32.2. The number of rotatable bonds is 4. The molecule has 6 nitrogen and oxygen atoms in total. The zero-order chi connectivity index (χ0) is 19.6. The largest absolute Gasteiger partial charge is 0.368 e. The van der Waals surface area contributed by atoms with Crippen molar-refractivity contribution in [2.45, 2.75) is 25.2 Å². The highest BCUT2D eigenvalue weighted by Gasteiger charge is 2.22. The lowest BCUT2D eigenvalue weighted by Crippen LogP contribution is -2.49. The molecule has 1 amide bonds. The average Bonchev–Trinajstić information content (AvgIpc) is 2.61. The van der Waals surface area contributed by atoms with E-state index in [2.05, 4.69) is 22.0 Å². The summed E-state index contributed by atoms with van der Waals surface area (Å²) in [5, 5.41) is 0. The maximum Gasteiger partial charge on any atom is 0.227 e. The van der Waals surface area contributed by atoms with Gasteiger partial charge in [-0.2, -0.15) is 0 Å². The smallest absolute Gasteiger partial charge is 0.227 e. The van der Waals surface area contributed by atoms with Gasteiger partial charge in [0, 0.05) is 49.5 Å². The molecule has 0 N–H and O–H groups in total. The number of hydrogen-bond acceptors (Lipinski definition) is 5. The first-order valence-electron chi connectivity index (χ1n) is 8.99. The summed E-state index contributed by atoms with van der Waals surface area (Å²) in [6.45, 7) is 6.93. The van der Waals surface area contributed by atoms with Crippen LogP contribution < -0.4 is 4.90 Å². The fourth-order valence-corrected chi connectivity index (χ4v) is 3.98. The summed E-state index contributed by atoms with van der Waals surface area (Å²) in [5.41, 5.74) is 3.99. The molecule has 1 aromatic heterocycles. The maximum atomic E-state index is 12.6. The van der Waals surface area contributed by atoms with Crippen LogP contribution in [0.25, 0.3) is 0 Å². The van der Waals surface area contributed by atoms with Crippen molar-refractivity contribution in [1.82, 2.24) is 9.88 Å². The number of pyridine rings is 1. The Hall–Kier alpha value is -2.41. The minimum Gasteiger partial charge on any atom is -0.368 e. The Labute approximate surface area is 160 Å². The van der Waals surface area contributed by atoms with Crippen LogP contribution in [0.5, 0.6) is 0 Å². The van der Waals surface area contributed by atoms with Crippen molar-refractivity contribution in [3.8, 4) is 0 Å². The van der Waals surface area contributed by atoms with Crippen molar-refractivity contribution < 1.29 is 13.2 Å². The summed E-state index contributed by atoms with van der Waals surface area (Å²) >= 11 is 0. The number of nitrogens with zero attached hydrogens (tertiary/aromatic N) is 3. The number of aromatic nitrogens is 1. The van der Waals surface area contributed by atoms with E-state index in [0.717, 1.165) is 35.7 Å². The first-order chi connectivity index (χ1) is 12.7. The Balaban J connectivity index is 1.58. The normalized spacial score (nSPS) is 15.1. The van der Waals surface area contributed by atoms with Crippen molar-refractivity contribution >= 4 is 21.4 Å². The predicted molar refractivity (Wildman–Crippen MR) is 106 cm³/mol. The number of anilines is 1. The fraction of sp³-hybridized carbons (Fsp3) is 0.400. The van der Waals surface area contributed by atoms with Crippen molar-refractivity contribution in [2.24, 2.45) is 0 Å². The number of carbonyl (C=O) groups is 1. The summed E-state index contributed by atoms with van der Waals surface area (Å²) in [7, 11) is -3.21. The second-order valence-corrected chi connectivity index (χ2v) is 9.08. The van der Waals surface area contributed by atoms with Gasteiger partial charge in [0.2, 0.25) is 5.91 Å². The van der Waals surface area contributed by atoms with Crippen LogP contribution in [-0.4, -0.2) is 56.6 Å². The monoisotopic (exact) mass is 387 g/mol. The Bertz CT molecular complexity index is 911. The molecule has 0 unspecified atom stereocenters. The van der Waals surface area contributed by atoms with Gasteiger partial charge in [0.05, 0.1) is 11.3 Å². The molecule has 1 aliphatic heterocycles. The third kappa shape index (κ3) is 4.86. The van der Waals surface area contributed by atoms with Gasteiger partial charge < -0.3 is 9.80 Å². The number of aryl methyl sites for hydroxylation is 2. The number of carbonyl (C=O) groups excluding carboxylic acids is 1. The standard InChI is InChI=1S/C20H25N3O3S/c1-15-12-18(13-16(2)21-15)22-8-10-23(11-9-22)20(24)14-17-4-6-19(7-5-17)27(3,25)26/h4-7,12-13H,8-11,14H2,1-3H3. The van der Waals surface area contributed by atoms with Crippen LogP contribution in [0.4, 0.5) is 5.69 Å². The minimum absolute atomic E-state index is 0.0730. The van der Waals surface area contributed by atoms with E-state index in [4.69, 9.17) is 0 Å². The first kappa shape index (κ1) is 19.4. The molecular formula is C20H25N3O3S. The van der Waals surface area contributed by atoms with Crippen molar-refractivity contribution in [3.63, 3.8) is 0 Å². The van der Waals surface area contributed by atoms with Crippen LogP contribution >= 0.6 is 0 Å². The van der Waals surface area contributed by atoms with Crippen LogP contribution in [-0.2, 0) is 21.1 Å². The SMILES string of the molecule is Cc1cc(N2CCN(C(=O)Cc3ccc(S(C)(=O)=O)cc3)CC2)cc(C)n1. The zero-order valence-corrected chi connectivity index (χ0v) is 16.8. The summed E-state index contributed by atoms with van der Waals surface area (Å²) in [6, 6.07) is 10.7. The number of piperazine rings is 1. The van der Waals surface area contributed by atoms with Crippen molar-refractivity contribution in [2.75, 3.05) is 37.3 Å². The molecule has 1 saturated heterocycles. The Morgan fingerprint density at radius 2 is 1.56 bits per heavy atom. The molecule has 3 rings (SSSR count). The van der Waals surface area contributed by atoms with E-state index in [1.165, 1.54) is 6.26 Å². The molecule has 27 heavy (non-hydrogen) atoms. The molecule has 1 aromatic carbocycles. The van der Waals surface area contributed by atoms with E-state index < -0.39 is 9.84 Å². The number of sulfone groups is 1. The van der Waals surface area contributed by atoms with Gasteiger partial charge in [-0.15, -0.1) is 0 Å². The highest BCUT2D eigenvalue weighted by molar-refractivity contribution is 7.90. The molecule has 2 heterocycles. The lowest BCUT2D eigenvalue weighted by Gasteiger charge is -2.36. The Morgan fingerprint density at radius 1 is 1.00 bits per heavy atom. The van der Waals surface area contributed by atoms with E-state index in [1.807, 2.05) is 18.7 Å². The minimum atomic E-state index is -3.21. The molecule has 0 bridgehead atoms. The van der Waals surface area contributed by atoms with E-state index >= 15 is 0 Å². The van der Waals surface area contributed by atoms with Crippen molar-refractivity contribution in [3.05, 3.63) is 53.3 Å². The van der Waals surface area contributed by atoms with Gasteiger partial charge in [0.1, 0.15) is 0 Å². The zero-order valence-electron chi connectivity index (χ0n) is 16.0. The van der Waals surface area contributed by atoms with Gasteiger partial charge in [0.25, 0.3) is 0 Å². The Kier molecular flexibility index (Phi) is 5.51. The lowest BCUT2D eigenvalue weighted by atomic mass is 10.1. The summed E-state index contributed by atoms with van der Waals surface area (Å²) in [6.07, 6.45) is 1.47. The number of amides is 1. The molecule has 0 atom stereocenters. The summed E-state index contributed by atoms with van der Waals surface area (Å²) in [4.78, 5) is 21.4. The third-order valence-electron chi connectivity index (χ3n) is 4.77. The van der Waals surface area contributed by atoms with E-state index in [0.29, 0.717) is 13.1 Å². The van der Waals surface area contributed by atoms with Crippen LogP contribution in [0.15, 0.2) is 41.3 Å².